The van der Waals surface area contributed by atoms with Gasteiger partial charge in [0, 0.05) is 24.8 Å². The van der Waals surface area contributed by atoms with Crippen LogP contribution in [0.4, 0.5) is 0 Å². The summed E-state index contributed by atoms with van der Waals surface area (Å²) in [5.41, 5.74) is 0.823. The van der Waals surface area contributed by atoms with Crippen molar-refractivity contribution in [2.75, 3.05) is 7.05 Å². The molecule has 1 aromatic carbocycles. The predicted molar refractivity (Wildman–Crippen MR) is 96.2 cm³/mol. The molecule has 0 N–H and O–H groups in total. The summed E-state index contributed by atoms with van der Waals surface area (Å²) in [6.45, 7) is 0.684. The quantitative estimate of drug-likeness (QED) is 0.630. The van der Waals surface area contributed by atoms with Gasteiger partial charge < -0.3 is 14.1 Å². The number of carbonyl (C=O) groups excluding carboxylic acids is 1. The van der Waals surface area contributed by atoms with Gasteiger partial charge in [-0.3, -0.25) is 9.48 Å². The Morgan fingerprint density at radius 2 is 2.00 bits per heavy atom. The number of halogens is 1. The van der Waals surface area contributed by atoms with Crippen LogP contribution in [0, 0.1) is 0 Å². The lowest BCUT2D eigenvalue weighted by Crippen LogP contribution is -2.26. The lowest BCUT2D eigenvalue weighted by Gasteiger charge is -2.14. The molecule has 25 heavy (non-hydrogen) atoms. The average molecular weight is 404 g/mol. The molecule has 0 saturated carbocycles. The van der Waals surface area contributed by atoms with Crippen LogP contribution in [-0.2, 0) is 20.2 Å². The lowest BCUT2D eigenvalue weighted by atomic mass is 10.3. The van der Waals surface area contributed by atoms with Crippen LogP contribution < -0.4 is 4.74 Å². The van der Waals surface area contributed by atoms with Crippen LogP contribution in [0.1, 0.15) is 22.0 Å². The highest BCUT2D eigenvalue weighted by atomic mass is 79.9. The molecule has 2 heterocycles. The normalized spacial score (nSPS) is 10.7. The van der Waals surface area contributed by atoms with Crippen LogP contribution in [0.3, 0.4) is 0 Å². The van der Waals surface area contributed by atoms with Crippen LogP contribution in [-0.4, -0.2) is 27.6 Å². The highest BCUT2D eigenvalue weighted by Crippen LogP contribution is 2.18. The minimum atomic E-state index is -0.194. The number of ether oxygens (including phenoxy) is 1. The molecule has 0 fully saturated rings. The van der Waals surface area contributed by atoms with Crippen molar-refractivity contribution in [2.45, 2.75) is 13.2 Å². The van der Waals surface area contributed by atoms with Gasteiger partial charge in [-0.15, -0.1) is 0 Å². The second kappa shape index (κ2) is 7.57. The molecule has 1 amide bonds. The average Bonchev–Trinajstić information content (AvgIpc) is 3.23. The maximum Gasteiger partial charge on any atom is 0.289 e. The molecular formula is C18H18BrN3O3. The molecule has 3 rings (SSSR count). The Kier molecular flexibility index (Phi) is 5.23. The number of rotatable bonds is 6. The first-order valence-corrected chi connectivity index (χ1v) is 8.51. The van der Waals surface area contributed by atoms with Crippen molar-refractivity contribution in [1.82, 2.24) is 14.7 Å². The molecule has 2 aromatic heterocycles. The molecule has 3 aromatic rings. The van der Waals surface area contributed by atoms with Crippen molar-refractivity contribution in [1.29, 1.82) is 0 Å². The number of furan rings is 1. The molecule has 6 nitrogen and oxygen atoms in total. The van der Waals surface area contributed by atoms with Crippen LogP contribution >= 0.6 is 15.9 Å². The zero-order valence-corrected chi connectivity index (χ0v) is 15.6. The SMILES string of the molecule is CN(Cc1ccn(C)n1)C(=O)c1ccc(COc2ccc(Br)cc2)o1. The first-order chi connectivity index (χ1) is 12.0. The number of amides is 1. The number of nitrogens with zero attached hydrogens (tertiary/aromatic N) is 3. The zero-order chi connectivity index (χ0) is 17.8. The molecule has 0 aliphatic rings. The molecule has 0 atom stereocenters. The van der Waals surface area contributed by atoms with Crippen molar-refractivity contribution < 1.29 is 13.9 Å². The number of aryl methyl sites for hydroxylation is 1. The van der Waals surface area contributed by atoms with E-state index in [0.29, 0.717) is 12.3 Å². The fourth-order valence-electron chi connectivity index (χ4n) is 2.31. The molecule has 0 spiro atoms. The van der Waals surface area contributed by atoms with E-state index in [9.17, 15) is 4.79 Å². The Morgan fingerprint density at radius 1 is 1.24 bits per heavy atom. The minimum Gasteiger partial charge on any atom is -0.486 e. The van der Waals surface area contributed by atoms with Crippen LogP contribution in [0.2, 0.25) is 0 Å². The topological polar surface area (TPSA) is 60.5 Å². The minimum absolute atomic E-state index is 0.194. The highest BCUT2D eigenvalue weighted by Gasteiger charge is 2.17. The van der Waals surface area contributed by atoms with Crippen molar-refractivity contribution in [3.05, 3.63) is 70.3 Å². The summed E-state index contributed by atoms with van der Waals surface area (Å²) in [4.78, 5) is 14.0. The fourth-order valence-corrected chi connectivity index (χ4v) is 2.57. The van der Waals surface area contributed by atoms with E-state index in [0.717, 1.165) is 15.9 Å². The molecule has 0 bridgehead atoms. The largest absolute Gasteiger partial charge is 0.486 e. The van der Waals surface area contributed by atoms with E-state index in [4.69, 9.17) is 9.15 Å². The fraction of sp³-hybridized carbons (Fsp3) is 0.222. The summed E-state index contributed by atoms with van der Waals surface area (Å²) in [7, 11) is 3.56. The third-order valence-corrected chi connectivity index (χ3v) is 4.11. The first kappa shape index (κ1) is 17.3. The van der Waals surface area contributed by atoms with E-state index >= 15 is 0 Å². The molecular weight excluding hydrogens is 386 g/mol. The van der Waals surface area contributed by atoms with Gasteiger partial charge in [0.2, 0.25) is 0 Å². The lowest BCUT2D eigenvalue weighted by molar-refractivity contribution is 0.0747. The van der Waals surface area contributed by atoms with Gasteiger partial charge in [0.05, 0.1) is 12.2 Å². The molecule has 0 aliphatic heterocycles. The Hall–Kier alpha value is -2.54. The van der Waals surface area contributed by atoms with Crippen molar-refractivity contribution in [2.24, 2.45) is 7.05 Å². The van der Waals surface area contributed by atoms with Crippen LogP contribution in [0.25, 0.3) is 0 Å². The first-order valence-electron chi connectivity index (χ1n) is 7.72. The van der Waals surface area contributed by atoms with Gasteiger partial charge in [-0.25, -0.2) is 0 Å². The van der Waals surface area contributed by atoms with Crippen molar-refractivity contribution in [3.63, 3.8) is 0 Å². The Labute approximate surface area is 154 Å². The number of carbonyl (C=O) groups is 1. The number of aromatic nitrogens is 2. The Balaban J connectivity index is 1.58. The molecule has 130 valence electrons. The third kappa shape index (κ3) is 4.51. The summed E-state index contributed by atoms with van der Waals surface area (Å²) in [6.07, 6.45) is 1.85. The van der Waals surface area contributed by atoms with Gasteiger partial charge in [0.1, 0.15) is 18.1 Å². The molecule has 0 radical (unpaired) electrons. The van der Waals surface area contributed by atoms with Crippen molar-refractivity contribution in [3.8, 4) is 5.75 Å². The van der Waals surface area contributed by atoms with E-state index < -0.39 is 0 Å². The van der Waals surface area contributed by atoms with E-state index in [-0.39, 0.29) is 18.3 Å². The Morgan fingerprint density at radius 3 is 2.68 bits per heavy atom. The zero-order valence-electron chi connectivity index (χ0n) is 14.0. The van der Waals surface area contributed by atoms with E-state index in [1.807, 2.05) is 43.6 Å². The molecule has 0 saturated heterocycles. The summed E-state index contributed by atoms with van der Waals surface area (Å²) in [5, 5.41) is 4.27. The van der Waals surface area contributed by atoms with Crippen molar-refractivity contribution >= 4 is 21.8 Å². The van der Waals surface area contributed by atoms with Crippen LogP contribution in [0.5, 0.6) is 5.75 Å². The third-order valence-electron chi connectivity index (χ3n) is 3.58. The summed E-state index contributed by atoms with van der Waals surface area (Å²) >= 11 is 3.38. The second-order valence-corrected chi connectivity index (χ2v) is 6.57. The standard InChI is InChI=1S/C18H18BrN3O3/c1-21(11-14-9-10-22(2)20-14)18(23)17-8-7-16(25-17)12-24-15-5-3-13(19)4-6-15/h3-10H,11-12H2,1-2H3. The van der Waals surface area contributed by atoms with Gasteiger partial charge in [0.25, 0.3) is 5.91 Å². The number of hydrogen-bond donors (Lipinski definition) is 0. The van der Waals surface area contributed by atoms with Gasteiger partial charge in [-0.2, -0.15) is 5.10 Å². The monoisotopic (exact) mass is 403 g/mol. The maximum absolute atomic E-state index is 12.4. The second-order valence-electron chi connectivity index (χ2n) is 5.65. The summed E-state index contributed by atoms with van der Waals surface area (Å²) in [5.74, 6) is 1.42. The Bertz CT molecular complexity index is 855. The maximum atomic E-state index is 12.4. The van der Waals surface area contributed by atoms with Gasteiger partial charge >= 0.3 is 0 Å². The smallest absolute Gasteiger partial charge is 0.289 e. The number of benzene rings is 1. The molecule has 7 heteroatoms. The number of hydrogen-bond acceptors (Lipinski definition) is 4. The summed E-state index contributed by atoms with van der Waals surface area (Å²) < 4.78 is 13.9. The van der Waals surface area contributed by atoms with Gasteiger partial charge in [0.15, 0.2) is 5.76 Å². The van der Waals surface area contributed by atoms with E-state index in [2.05, 4.69) is 21.0 Å². The van der Waals surface area contributed by atoms with Crippen LogP contribution in [0.15, 0.2) is 57.6 Å². The molecule has 0 aliphatic carbocycles. The van der Waals surface area contributed by atoms with E-state index in [1.54, 1.807) is 28.8 Å². The molecule has 0 unspecified atom stereocenters. The van der Waals surface area contributed by atoms with Gasteiger partial charge in [-0.05, 0) is 42.5 Å². The van der Waals surface area contributed by atoms with E-state index in [1.165, 1.54) is 0 Å². The highest BCUT2D eigenvalue weighted by molar-refractivity contribution is 9.10. The summed E-state index contributed by atoms with van der Waals surface area (Å²) in [6, 6.07) is 12.8. The van der Waals surface area contributed by atoms with Gasteiger partial charge in [-0.1, -0.05) is 15.9 Å². The predicted octanol–water partition coefficient (Wildman–Crippen LogP) is 3.63.